The molecule has 0 N–H and O–H groups in total. The number of nitriles is 2. The van der Waals surface area contributed by atoms with E-state index >= 15 is 8.78 Å². The van der Waals surface area contributed by atoms with Crippen LogP contribution in [0.2, 0.25) is 0 Å². The Morgan fingerprint density at radius 1 is 0.434 bits per heavy atom. The molecule has 0 atom stereocenters. The average molecular weight is 987 g/mol. The first kappa shape index (κ1) is 36.1. The van der Waals surface area contributed by atoms with Crippen LogP contribution in [0.4, 0.5) is 54.3 Å². The first-order chi connectivity index (χ1) is 41.5. The monoisotopic (exact) mass is 986 g/mol. The largest absolute Gasteiger partial charge is 0.307 e. The van der Waals surface area contributed by atoms with Crippen molar-refractivity contribution in [1.82, 2.24) is 0 Å². The van der Waals surface area contributed by atoms with Crippen LogP contribution in [0.3, 0.4) is 0 Å². The van der Waals surface area contributed by atoms with Crippen LogP contribution in [0.5, 0.6) is 0 Å². The Labute approximate surface area is 451 Å². The van der Waals surface area contributed by atoms with Crippen molar-refractivity contribution in [2.24, 2.45) is 0 Å². The Hall–Kier alpha value is -10.9. The molecule has 0 radical (unpaired) electrons. The predicted octanol–water partition coefficient (Wildman–Crippen LogP) is 19.3. The number of benzene rings is 12. The van der Waals surface area contributed by atoms with Gasteiger partial charge < -0.3 is 9.80 Å². The van der Waals surface area contributed by atoms with E-state index in [4.69, 9.17) is 21.4 Å². The van der Waals surface area contributed by atoms with Gasteiger partial charge in [-0.1, -0.05) is 145 Å². The second-order valence-electron chi connectivity index (χ2n) is 17.6. The van der Waals surface area contributed by atoms with Crippen LogP contribution in [0.15, 0.2) is 230 Å². The summed E-state index contributed by atoms with van der Waals surface area (Å²) in [6.45, 7) is 15.8. The Balaban J connectivity index is 1.23. The summed E-state index contributed by atoms with van der Waals surface area (Å²) in [7, 11) is 0. The molecule has 12 aromatic rings. The Morgan fingerprint density at radius 3 is 1.29 bits per heavy atom. The number of halogens is 2. The van der Waals surface area contributed by atoms with Crippen LogP contribution < -0.4 is 9.80 Å². The van der Waals surface area contributed by atoms with Crippen molar-refractivity contribution in [3.63, 3.8) is 0 Å². The SMILES string of the molecule is [2H]c1c([2H])c([2H])c(N(c2c(F)ccc(-c3cccc([N+]#[C-])c3)c2-c2cccc(C#N)c2)c2ccc3ccc4c(N(c5c([2H])c([2H])c([2H])c([2H])c5[2H])c5c(F)ccc(-c6cccc(C#N)c6)c5-c5cccc([N+]#[C-])c5)ccc5ccc2c3c54)c([2H])c1[2H]. The van der Waals surface area contributed by atoms with Crippen LogP contribution in [-0.4, -0.2) is 0 Å². The molecule has 0 amide bonds. The number of hydrogen-bond acceptors (Lipinski definition) is 4. The predicted molar refractivity (Wildman–Crippen MR) is 303 cm³/mol. The van der Waals surface area contributed by atoms with Gasteiger partial charge in [0.1, 0.15) is 11.6 Å². The van der Waals surface area contributed by atoms with Crippen LogP contribution >= 0.6 is 0 Å². The number of rotatable bonds is 10. The molecule has 0 saturated carbocycles. The fourth-order valence-electron chi connectivity index (χ4n) is 10.2. The lowest BCUT2D eigenvalue weighted by Gasteiger charge is -2.32. The van der Waals surface area contributed by atoms with Crippen LogP contribution in [-0.2, 0) is 0 Å². The third-order valence-electron chi connectivity index (χ3n) is 13.4. The van der Waals surface area contributed by atoms with Gasteiger partial charge in [-0.2, -0.15) is 10.5 Å². The van der Waals surface area contributed by atoms with Gasteiger partial charge in [-0.15, -0.1) is 0 Å². The van der Waals surface area contributed by atoms with Crippen LogP contribution in [0.25, 0.3) is 86.5 Å². The Bertz CT molecular complexity index is 4710. The number of para-hydroxylation sites is 2. The molecule has 0 aliphatic heterocycles. The van der Waals surface area contributed by atoms with Gasteiger partial charge in [0.15, 0.2) is 11.4 Å². The van der Waals surface area contributed by atoms with Crippen molar-refractivity contribution < 1.29 is 22.5 Å². The third-order valence-corrected chi connectivity index (χ3v) is 13.4. The third kappa shape index (κ3) is 7.94. The van der Waals surface area contributed by atoms with E-state index < -0.39 is 83.4 Å². The summed E-state index contributed by atoms with van der Waals surface area (Å²) in [6.07, 6.45) is 0. The highest BCUT2D eigenvalue weighted by Gasteiger charge is 2.30. The topological polar surface area (TPSA) is 62.8 Å². The van der Waals surface area contributed by atoms with Crippen molar-refractivity contribution >= 4 is 77.8 Å². The fourth-order valence-corrected chi connectivity index (χ4v) is 10.2. The highest BCUT2D eigenvalue weighted by Crippen LogP contribution is 2.53. The zero-order valence-electron chi connectivity index (χ0n) is 49.6. The molecule has 0 unspecified atom stereocenters. The summed E-state index contributed by atoms with van der Waals surface area (Å²) in [4.78, 5) is 9.86. The van der Waals surface area contributed by atoms with Crippen LogP contribution in [0, 0.1) is 47.4 Å². The molecule has 12 aromatic carbocycles. The summed E-state index contributed by atoms with van der Waals surface area (Å²) in [5, 5.41) is 23.1. The number of nitrogens with zero attached hydrogens (tertiary/aromatic N) is 6. The zero-order chi connectivity index (χ0) is 60.6. The van der Waals surface area contributed by atoms with Gasteiger partial charge in [-0.25, -0.2) is 18.5 Å². The van der Waals surface area contributed by atoms with Gasteiger partial charge in [0, 0.05) is 33.3 Å². The molecule has 0 aliphatic carbocycles. The maximum absolute atomic E-state index is 18.0. The molecule has 12 rings (SSSR count). The lowest BCUT2D eigenvalue weighted by molar-refractivity contribution is 0.629. The van der Waals surface area contributed by atoms with Crippen molar-refractivity contribution in [3.8, 4) is 56.6 Å². The minimum Gasteiger partial charge on any atom is -0.307 e. The molecule has 0 heterocycles. The molecule has 354 valence electrons. The molecule has 0 bridgehead atoms. The van der Waals surface area contributed by atoms with Gasteiger partial charge in [-0.05, 0) is 140 Å². The highest BCUT2D eigenvalue weighted by molar-refractivity contribution is 6.28. The maximum atomic E-state index is 18.0. The summed E-state index contributed by atoms with van der Waals surface area (Å²) in [5.41, 5.74) is 2.27. The van der Waals surface area contributed by atoms with Crippen molar-refractivity contribution in [2.75, 3.05) is 9.80 Å². The molecule has 76 heavy (non-hydrogen) atoms. The van der Waals surface area contributed by atoms with Crippen LogP contribution in [0.1, 0.15) is 24.8 Å². The molecule has 0 saturated heterocycles. The van der Waals surface area contributed by atoms with Gasteiger partial charge in [0.05, 0.1) is 72.9 Å². The second kappa shape index (κ2) is 19.3. The molecule has 0 aliphatic rings. The molecule has 8 heteroatoms. The fraction of sp³-hybridized carbons (Fsp3) is 0. The molecule has 6 nitrogen and oxygen atoms in total. The van der Waals surface area contributed by atoms with Gasteiger partial charge >= 0.3 is 0 Å². The van der Waals surface area contributed by atoms with Crippen molar-refractivity contribution in [2.45, 2.75) is 0 Å². The summed E-state index contributed by atoms with van der Waals surface area (Å²) >= 11 is 0. The lowest BCUT2D eigenvalue weighted by atomic mass is 9.89. The Kier molecular flexibility index (Phi) is 9.15. The molecule has 0 fully saturated rings. The minimum atomic E-state index is -0.900. The van der Waals surface area contributed by atoms with Crippen molar-refractivity contribution in [3.05, 3.63) is 276 Å². The molecular formula is C68H38F2N6. The summed E-state index contributed by atoms with van der Waals surface area (Å²) < 4.78 is 127. The highest BCUT2D eigenvalue weighted by atomic mass is 19.1. The van der Waals surface area contributed by atoms with Gasteiger partial charge in [0.25, 0.3) is 0 Å². The Morgan fingerprint density at radius 2 is 0.829 bits per heavy atom. The average Bonchev–Trinajstić information content (AvgIpc) is 0.795. The van der Waals surface area contributed by atoms with Gasteiger partial charge in [0.2, 0.25) is 0 Å². The van der Waals surface area contributed by atoms with Crippen molar-refractivity contribution in [1.29, 1.82) is 10.5 Å². The van der Waals surface area contributed by atoms with Gasteiger partial charge in [-0.3, -0.25) is 0 Å². The first-order valence-electron chi connectivity index (χ1n) is 28.6. The minimum absolute atomic E-state index is 0.113. The van der Waals surface area contributed by atoms with E-state index in [-0.39, 0.29) is 56.4 Å². The van der Waals surface area contributed by atoms with E-state index in [0.717, 1.165) is 0 Å². The van der Waals surface area contributed by atoms with E-state index in [0.29, 0.717) is 65.7 Å². The zero-order valence-corrected chi connectivity index (χ0v) is 39.6. The standard InChI is InChI=1S/C68H38F2N6/c1-73-51-19-11-16-48(39-51)56-32-34-59(69)67(65(56)49-17-10-14-44(38-49)42-72)75(53-21-5-3-6-22-53)61-35-27-45-26-30-58-62(36-28-46-25-29-57(61)63(45)64(46)58)76(54-23-7-4-8-24-54)68-60(70)33-31-55(47-15-9-13-43(37-47)41-71)66(68)50-18-12-20-52(40-50)74-2/h3-40H/i3D,4D,5D,6D,7D,8D,21D,22D,23D,24D. The summed E-state index contributed by atoms with van der Waals surface area (Å²) in [6, 6.07) is 42.3. The van der Waals surface area contributed by atoms with E-state index in [1.807, 2.05) is 0 Å². The molecule has 0 aromatic heterocycles. The normalized spacial score (nSPS) is 12.8. The van der Waals surface area contributed by atoms with E-state index in [2.05, 4.69) is 21.8 Å². The number of hydrogen-bond donors (Lipinski definition) is 0. The second-order valence-corrected chi connectivity index (χ2v) is 17.6. The summed E-state index contributed by atoms with van der Waals surface area (Å²) in [5.74, 6) is -1.80. The molecular weight excluding hydrogens is 939 g/mol. The van der Waals surface area contributed by atoms with E-state index in [9.17, 15) is 16.0 Å². The maximum Gasteiger partial charge on any atom is 0.187 e. The lowest BCUT2D eigenvalue weighted by Crippen LogP contribution is -2.15. The number of anilines is 6. The first-order valence-corrected chi connectivity index (χ1v) is 23.6. The van der Waals surface area contributed by atoms with E-state index in [1.165, 1.54) is 34.1 Å². The quantitative estimate of drug-likeness (QED) is 0.101. The smallest absolute Gasteiger partial charge is 0.187 e. The molecule has 0 spiro atoms. The van der Waals surface area contributed by atoms with E-state index in [1.54, 1.807) is 146 Å².